The Bertz CT molecular complexity index is 521. The number of carboxylic acids is 1. The van der Waals surface area contributed by atoms with Crippen LogP contribution in [-0.2, 0) is 0 Å². The highest BCUT2D eigenvalue weighted by Crippen LogP contribution is 2.34. The molecule has 0 bridgehead atoms. The van der Waals surface area contributed by atoms with Gasteiger partial charge in [0.2, 0.25) is 0 Å². The lowest BCUT2D eigenvalue weighted by Gasteiger charge is -1.92. The maximum atomic E-state index is 10.8. The van der Waals surface area contributed by atoms with Gasteiger partial charge in [0.25, 0.3) is 0 Å². The first-order valence-corrected chi connectivity index (χ1v) is 5.00. The number of thiophene rings is 1. The highest BCUT2D eigenvalue weighted by atomic mass is 35.5. The van der Waals surface area contributed by atoms with E-state index >= 15 is 0 Å². The number of nitrogen functional groups attached to an aromatic ring is 1. The molecule has 2 aromatic rings. The lowest BCUT2D eigenvalue weighted by molar-refractivity contribution is 0.0703. The Balaban J connectivity index is 2.79. The van der Waals surface area contributed by atoms with Gasteiger partial charge >= 0.3 is 5.97 Å². The number of aromatic carboxylic acids is 1. The lowest BCUT2D eigenvalue weighted by atomic mass is 10.2. The molecule has 0 amide bonds. The highest BCUT2D eigenvalue weighted by Gasteiger charge is 2.14. The third-order valence-corrected chi connectivity index (χ3v) is 3.28. The molecule has 0 atom stereocenters. The standard InChI is InChI=1S/C9H6ClNO2S/c10-4-1-2-5-6(3-4)14-8(7(5)11)9(12)13/h1-3H,11H2,(H,12,13). The molecule has 14 heavy (non-hydrogen) atoms. The summed E-state index contributed by atoms with van der Waals surface area (Å²) in [5, 5.41) is 10.2. The van der Waals surface area contributed by atoms with Gasteiger partial charge in [-0.1, -0.05) is 11.6 Å². The van der Waals surface area contributed by atoms with Gasteiger partial charge in [0.05, 0.1) is 5.69 Å². The van der Waals surface area contributed by atoms with Crippen molar-refractivity contribution in [2.45, 2.75) is 0 Å². The molecule has 3 N–H and O–H groups in total. The molecule has 0 aliphatic carbocycles. The normalized spacial score (nSPS) is 10.6. The molecule has 1 aromatic carbocycles. The molecule has 0 unspecified atom stereocenters. The Kier molecular flexibility index (Phi) is 2.09. The number of carbonyl (C=O) groups is 1. The summed E-state index contributed by atoms with van der Waals surface area (Å²) < 4.78 is 0.799. The minimum Gasteiger partial charge on any atom is -0.477 e. The molecule has 0 aliphatic rings. The molecule has 1 aromatic heterocycles. The monoisotopic (exact) mass is 227 g/mol. The van der Waals surface area contributed by atoms with Crippen LogP contribution in [0.2, 0.25) is 5.02 Å². The van der Waals surface area contributed by atoms with Crippen LogP contribution in [0.4, 0.5) is 5.69 Å². The smallest absolute Gasteiger partial charge is 0.348 e. The van der Waals surface area contributed by atoms with Gasteiger partial charge in [0.15, 0.2) is 0 Å². The molecule has 0 saturated carbocycles. The van der Waals surface area contributed by atoms with E-state index in [0.29, 0.717) is 10.7 Å². The topological polar surface area (TPSA) is 63.3 Å². The summed E-state index contributed by atoms with van der Waals surface area (Å²) in [5.41, 5.74) is 5.99. The number of halogens is 1. The van der Waals surface area contributed by atoms with E-state index in [1.807, 2.05) is 0 Å². The molecule has 72 valence electrons. The fourth-order valence-corrected chi connectivity index (χ4v) is 2.49. The van der Waals surface area contributed by atoms with Crippen LogP contribution in [0.5, 0.6) is 0 Å². The number of rotatable bonds is 1. The molecule has 0 fully saturated rings. The zero-order chi connectivity index (χ0) is 10.3. The molecule has 0 spiro atoms. The van der Waals surface area contributed by atoms with Crippen molar-refractivity contribution in [2.24, 2.45) is 0 Å². The average molecular weight is 228 g/mol. The fraction of sp³-hybridized carbons (Fsp3) is 0. The Morgan fingerprint density at radius 1 is 1.50 bits per heavy atom. The van der Waals surface area contributed by atoms with Gasteiger partial charge in [-0.25, -0.2) is 4.79 Å². The quantitative estimate of drug-likeness (QED) is 0.788. The largest absolute Gasteiger partial charge is 0.477 e. The number of anilines is 1. The molecule has 0 saturated heterocycles. The van der Waals surface area contributed by atoms with Gasteiger partial charge in [-0.15, -0.1) is 11.3 Å². The van der Waals surface area contributed by atoms with Gasteiger partial charge in [-0.05, 0) is 18.2 Å². The second kappa shape index (κ2) is 3.15. The lowest BCUT2D eigenvalue weighted by Crippen LogP contribution is -1.96. The predicted molar refractivity (Wildman–Crippen MR) is 58.2 cm³/mol. The molecular formula is C9H6ClNO2S. The Morgan fingerprint density at radius 3 is 2.86 bits per heavy atom. The molecular weight excluding hydrogens is 222 g/mol. The van der Waals surface area contributed by atoms with Crippen molar-refractivity contribution >= 4 is 44.7 Å². The van der Waals surface area contributed by atoms with Gasteiger partial charge in [0, 0.05) is 15.1 Å². The first-order chi connectivity index (χ1) is 6.59. The van der Waals surface area contributed by atoms with Crippen LogP contribution in [0.25, 0.3) is 10.1 Å². The van der Waals surface area contributed by atoms with Gasteiger partial charge < -0.3 is 10.8 Å². The number of hydrogen-bond acceptors (Lipinski definition) is 3. The molecule has 3 nitrogen and oxygen atoms in total. The minimum atomic E-state index is -1.00. The van der Waals surface area contributed by atoms with Gasteiger partial charge in [-0.3, -0.25) is 0 Å². The summed E-state index contributed by atoms with van der Waals surface area (Å²) in [5.74, 6) is -1.00. The van der Waals surface area contributed by atoms with Crippen LogP contribution >= 0.6 is 22.9 Å². The molecule has 0 radical (unpaired) electrons. The van der Waals surface area contributed by atoms with Crippen molar-refractivity contribution < 1.29 is 9.90 Å². The summed E-state index contributed by atoms with van der Waals surface area (Å²) in [4.78, 5) is 10.9. The van der Waals surface area contributed by atoms with Crippen LogP contribution in [-0.4, -0.2) is 11.1 Å². The van der Waals surface area contributed by atoms with E-state index in [9.17, 15) is 4.79 Å². The maximum absolute atomic E-state index is 10.8. The van der Waals surface area contributed by atoms with Gasteiger partial charge in [0.1, 0.15) is 4.88 Å². The average Bonchev–Trinajstić information content (AvgIpc) is 2.43. The van der Waals surface area contributed by atoms with E-state index in [4.69, 9.17) is 22.4 Å². The van der Waals surface area contributed by atoms with E-state index < -0.39 is 5.97 Å². The second-order valence-corrected chi connectivity index (χ2v) is 4.28. The number of nitrogens with two attached hydrogens (primary N) is 1. The molecule has 2 rings (SSSR count). The van der Waals surface area contributed by atoms with Crippen molar-refractivity contribution in [1.82, 2.24) is 0 Å². The van der Waals surface area contributed by atoms with Crippen LogP contribution in [0.1, 0.15) is 9.67 Å². The highest BCUT2D eigenvalue weighted by molar-refractivity contribution is 7.21. The second-order valence-electron chi connectivity index (χ2n) is 2.79. The van der Waals surface area contributed by atoms with Crippen LogP contribution in [0.15, 0.2) is 18.2 Å². The number of carboxylic acid groups (broad SMARTS) is 1. The molecule has 1 heterocycles. The van der Waals surface area contributed by atoms with Crippen molar-refractivity contribution in [1.29, 1.82) is 0 Å². The SMILES string of the molecule is Nc1c(C(=O)O)sc2cc(Cl)ccc12. The van der Waals surface area contributed by atoms with E-state index in [-0.39, 0.29) is 4.88 Å². The predicted octanol–water partition coefficient (Wildman–Crippen LogP) is 2.84. The summed E-state index contributed by atoms with van der Waals surface area (Å²) in [6, 6.07) is 5.14. The first-order valence-electron chi connectivity index (χ1n) is 3.80. The maximum Gasteiger partial charge on any atom is 0.348 e. The van der Waals surface area contributed by atoms with Crippen LogP contribution in [0, 0.1) is 0 Å². The molecule has 0 aliphatic heterocycles. The third-order valence-electron chi connectivity index (χ3n) is 1.88. The summed E-state index contributed by atoms with van der Waals surface area (Å²) in [6.45, 7) is 0. The van der Waals surface area contributed by atoms with Crippen LogP contribution < -0.4 is 5.73 Å². The molecule has 5 heteroatoms. The van der Waals surface area contributed by atoms with Crippen molar-refractivity contribution in [3.8, 4) is 0 Å². The number of benzene rings is 1. The van der Waals surface area contributed by atoms with E-state index in [1.54, 1.807) is 18.2 Å². The Morgan fingerprint density at radius 2 is 2.21 bits per heavy atom. The Labute approximate surface area is 88.7 Å². The number of fused-ring (bicyclic) bond motifs is 1. The summed E-state index contributed by atoms with van der Waals surface area (Å²) in [6.07, 6.45) is 0. The van der Waals surface area contributed by atoms with Gasteiger partial charge in [-0.2, -0.15) is 0 Å². The zero-order valence-electron chi connectivity index (χ0n) is 6.95. The minimum absolute atomic E-state index is 0.169. The van der Waals surface area contributed by atoms with Crippen LogP contribution in [0.3, 0.4) is 0 Å². The van der Waals surface area contributed by atoms with E-state index in [1.165, 1.54) is 0 Å². The number of hydrogen-bond donors (Lipinski definition) is 2. The fourth-order valence-electron chi connectivity index (χ4n) is 1.25. The Hall–Kier alpha value is -1.26. The zero-order valence-corrected chi connectivity index (χ0v) is 8.52. The first kappa shape index (κ1) is 9.30. The van der Waals surface area contributed by atoms with Crippen molar-refractivity contribution in [3.05, 3.63) is 28.1 Å². The van der Waals surface area contributed by atoms with Crippen molar-refractivity contribution in [2.75, 3.05) is 5.73 Å². The summed E-state index contributed by atoms with van der Waals surface area (Å²) >= 11 is 6.92. The third kappa shape index (κ3) is 1.32. The summed E-state index contributed by atoms with van der Waals surface area (Å²) in [7, 11) is 0. The van der Waals surface area contributed by atoms with E-state index in [2.05, 4.69) is 0 Å². The van der Waals surface area contributed by atoms with E-state index in [0.717, 1.165) is 21.4 Å². The van der Waals surface area contributed by atoms with Crippen molar-refractivity contribution in [3.63, 3.8) is 0 Å².